The molecular weight excluding hydrogens is 923 g/mol. The standard InChI is InChI=1S/C69H135NO5/c1-3-5-7-9-11-13-15-17-19-20-31-35-39-43-47-51-55-59-63-69(74)75-64-60-56-52-48-44-40-36-32-29-27-25-23-21-22-24-26-28-30-34-38-42-46-50-54-58-62-68(73)70-66(65-71)67(72)61-57-53-49-45-41-37-33-18-16-14-12-10-8-6-4-2/h57,61,66-67,71-72H,3-56,58-60,62-65H2,1-2H3,(H,70,73)/b61-57+. The van der Waals surface area contributed by atoms with Crippen molar-refractivity contribution in [3.8, 4) is 0 Å². The van der Waals surface area contributed by atoms with Gasteiger partial charge >= 0.3 is 5.97 Å². The van der Waals surface area contributed by atoms with Crippen LogP contribution in [0.4, 0.5) is 0 Å². The lowest BCUT2D eigenvalue weighted by Crippen LogP contribution is -2.45. The van der Waals surface area contributed by atoms with Crippen LogP contribution >= 0.6 is 0 Å². The van der Waals surface area contributed by atoms with Crippen LogP contribution in [0.5, 0.6) is 0 Å². The maximum Gasteiger partial charge on any atom is 0.305 e. The van der Waals surface area contributed by atoms with Gasteiger partial charge in [-0.05, 0) is 32.1 Å². The highest BCUT2D eigenvalue weighted by Gasteiger charge is 2.18. The third kappa shape index (κ3) is 61.7. The van der Waals surface area contributed by atoms with Gasteiger partial charge < -0.3 is 20.3 Å². The van der Waals surface area contributed by atoms with Gasteiger partial charge in [0.1, 0.15) is 0 Å². The highest BCUT2D eigenvalue weighted by Crippen LogP contribution is 2.19. The number of rotatable bonds is 65. The monoisotopic (exact) mass is 1060 g/mol. The number of carbonyl (C=O) groups is 2. The number of nitrogens with one attached hydrogen (secondary N) is 1. The first-order valence-electron chi connectivity index (χ1n) is 34.5. The van der Waals surface area contributed by atoms with Gasteiger partial charge in [-0.25, -0.2) is 0 Å². The van der Waals surface area contributed by atoms with E-state index in [9.17, 15) is 19.8 Å². The molecule has 1 amide bonds. The average molecular weight is 1060 g/mol. The molecule has 0 saturated heterocycles. The fourth-order valence-electron chi connectivity index (χ4n) is 11.1. The topological polar surface area (TPSA) is 95.9 Å². The Morgan fingerprint density at radius 3 is 0.907 bits per heavy atom. The third-order valence-corrected chi connectivity index (χ3v) is 16.3. The summed E-state index contributed by atoms with van der Waals surface area (Å²) in [4.78, 5) is 24.6. The number of hydrogen-bond acceptors (Lipinski definition) is 5. The third-order valence-electron chi connectivity index (χ3n) is 16.3. The second-order valence-corrected chi connectivity index (χ2v) is 23.9. The fraction of sp³-hybridized carbons (Fsp3) is 0.942. The van der Waals surface area contributed by atoms with Crippen LogP contribution in [0.25, 0.3) is 0 Å². The van der Waals surface area contributed by atoms with E-state index in [4.69, 9.17) is 4.74 Å². The number of unbranched alkanes of at least 4 members (excludes halogenated alkanes) is 54. The first kappa shape index (κ1) is 73.6. The number of esters is 1. The summed E-state index contributed by atoms with van der Waals surface area (Å²) in [6.45, 7) is 4.95. The van der Waals surface area contributed by atoms with Gasteiger partial charge in [-0.15, -0.1) is 0 Å². The molecule has 0 aliphatic carbocycles. The molecule has 0 aliphatic rings. The molecule has 2 unspecified atom stereocenters. The average Bonchev–Trinajstić information content (AvgIpc) is 3.41. The maximum absolute atomic E-state index is 12.5. The minimum Gasteiger partial charge on any atom is -0.466 e. The predicted octanol–water partition coefficient (Wildman–Crippen LogP) is 22.0. The zero-order chi connectivity index (χ0) is 54.3. The van der Waals surface area contributed by atoms with Gasteiger partial charge in [0.15, 0.2) is 0 Å². The molecule has 0 aromatic heterocycles. The number of allylic oxidation sites excluding steroid dienone is 1. The van der Waals surface area contributed by atoms with Crippen molar-refractivity contribution in [3.05, 3.63) is 12.2 Å². The molecule has 6 heteroatoms. The van der Waals surface area contributed by atoms with Crippen molar-refractivity contribution >= 4 is 11.9 Å². The zero-order valence-corrected chi connectivity index (χ0v) is 51.1. The van der Waals surface area contributed by atoms with Gasteiger partial charge in [-0.1, -0.05) is 360 Å². The van der Waals surface area contributed by atoms with E-state index < -0.39 is 12.1 Å². The largest absolute Gasteiger partial charge is 0.466 e. The lowest BCUT2D eigenvalue weighted by molar-refractivity contribution is -0.143. The molecular formula is C69H135NO5. The van der Waals surface area contributed by atoms with Gasteiger partial charge in [0.25, 0.3) is 0 Å². The van der Waals surface area contributed by atoms with Crippen molar-refractivity contribution in [3.63, 3.8) is 0 Å². The van der Waals surface area contributed by atoms with Gasteiger partial charge in [-0.3, -0.25) is 9.59 Å². The predicted molar refractivity (Wildman–Crippen MR) is 329 cm³/mol. The van der Waals surface area contributed by atoms with Crippen molar-refractivity contribution in [2.75, 3.05) is 13.2 Å². The minimum absolute atomic E-state index is 0.0213. The second kappa shape index (κ2) is 65.1. The van der Waals surface area contributed by atoms with E-state index in [1.165, 1.54) is 327 Å². The van der Waals surface area contributed by atoms with Gasteiger partial charge in [-0.2, -0.15) is 0 Å². The van der Waals surface area contributed by atoms with E-state index in [1.54, 1.807) is 6.08 Å². The highest BCUT2D eigenvalue weighted by molar-refractivity contribution is 5.76. The lowest BCUT2D eigenvalue weighted by Gasteiger charge is -2.20. The van der Waals surface area contributed by atoms with Crippen molar-refractivity contribution in [1.29, 1.82) is 0 Å². The number of carbonyl (C=O) groups excluding carboxylic acids is 2. The first-order valence-corrected chi connectivity index (χ1v) is 34.5. The summed E-state index contributed by atoms with van der Waals surface area (Å²) in [6, 6.07) is -0.625. The van der Waals surface area contributed by atoms with Crippen LogP contribution < -0.4 is 5.32 Å². The SMILES string of the molecule is CCCCCCCCCCCCCCC/C=C/C(O)C(CO)NC(=O)CCCCCCCCCCCCCCCCCCCCCCCCCCCOC(=O)CCCCCCCCCCCCCCCCCCCC. The molecule has 0 fully saturated rings. The van der Waals surface area contributed by atoms with E-state index >= 15 is 0 Å². The number of aliphatic hydroxyl groups excluding tert-OH is 2. The summed E-state index contributed by atoms with van der Waals surface area (Å²) in [5.41, 5.74) is 0. The molecule has 75 heavy (non-hydrogen) atoms. The normalized spacial score (nSPS) is 12.5. The molecule has 0 bridgehead atoms. The van der Waals surface area contributed by atoms with Crippen LogP contribution in [0.2, 0.25) is 0 Å². The summed E-state index contributed by atoms with van der Waals surface area (Å²) >= 11 is 0. The Bertz CT molecular complexity index is 1130. The lowest BCUT2D eigenvalue weighted by atomic mass is 10.0. The Labute approximate surface area is 469 Å². The summed E-state index contributed by atoms with van der Waals surface area (Å²) in [7, 11) is 0. The van der Waals surface area contributed by atoms with Crippen molar-refractivity contribution in [2.24, 2.45) is 0 Å². The second-order valence-electron chi connectivity index (χ2n) is 23.9. The molecule has 0 saturated carbocycles. The van der Waals surface area contributed by atoms with Gasteiger partial charge in [0, 0.05) is 12.8 Å². The van der Waals surface area contributed by atoms with Crippen LogP contribution in [0.15, 0.2) is 12.2 Å². The van der Waals surface area contributed by atoms with Crippen LogP contribution in [-0.2, 0) is 14.3 Å². The van der Waals surface area contributed by atoms with Crippen LogP contribution in [0.1, 0.15) is 393 Å². The first-order chi connectivity index (χ1) is 37.0. The highest BCUT2D eigenvalue weighted by atomic mass is 16.5. The Morgan fingerprint density at radius 1 is 0.360 bits per heavy atom. The molecule has 6 nitrogen and oxygen atoms in total. The molecule has 0 spiro atoms. The Morgan fingerprint density at radius 2 is 0.613 bits per heavy atom. The molecule has 0 radical (unpaired) electrons. The molecule has 2 atom stereocenters. The quantitative estimate of drug-likeness (QED) is 0.0320. The van der Waals surface area contributed by atoms with E-state index in [-0.39, 0.29) is 18.5 Å². The van der Waals surface area contributed by atoms with Crippen LogP contribution in [0, 0.1) is 0 Å². The Balaban J connectivity index is 3.35. The minimum atomic E-state index is -0.842. The summed E-state index contributed by atoms with van der Waals surface area (Å²) in [6.07, 6.45) is 80.0. The molecule has 0 rings (SSSR count). The van der Waals surface area contributed by atoms with Crippen molar-refractivity contribution in [2.45, 2.75) is 405 Å². The number of hydrogen-bond donors (Lipinski definition) is 3. The van der Waals surface area contributed by atoms with E-state index in [0.717, 1.165) is 38.5 Å². The molecule has 0 aromatic rings. The smallest absolute Gasteiger partial charge is 0.305 e. The van der Waals surface area contributed by atoms with Crippen LogP contribution in [-0.4, -0.2) is 47.4 Å². The van der Waals surface area contributed by atoms with Gasteiger partial charge in [0.2, 0.25) is 5.91 Å². The number of ether oxygens (including phenoxy) is 1. The number of amides is 1. The Kier molecular flexibility index (Phi) is 63.9. The van der Waals surface area contributed by atoms with E-state index in [0.29, 0.717) is 19.4 Å². The Hall–Kier alpha value is -1.40. The molecule has 3 N–H and O–H groups in total. The summed E-state index contributed by atoms with van der Waals surface area (Å²) in [5.74, 6) is -0.0421. The summed E-state index contributed by atoms with van der Waals surface area (Å²) in [5, 5.41) is 23.2. The molecule has 0 heterocycles. The number of aliphatic hydroxyl groups is 2. The molecule has 0 aliphatic heterocycles. The maximum atomic E-state index is 12.5. The fourth-order valence-corrected chi connectivity index (χ4v) is 11.1. The van der Waals surface area contributed by atoms with E-state index in [1.807, 2.05) is 6.08 Å². The summed E-state index contributed by atoms with van der Waals surface area (Å²) < 4.78 is 5.51. The zero-order valence-electron chi connectivity index (χ0n) is 51.1. The van der Waals surface area contributed by atoms with E-state index in [2.05, 4.69) is 19.2 Å². The van der Waals surface area contributed by atoms with Crippen molar-refractivity contribution < 1.29 is 24.5 Å². The van der Waals surface area contributed by atoms with Crippen LogP contribution in [0.3, 0.4) is 0 Å². The van der Waals surface area contributed by atoms with Crippen molar-refractivity contribution in [1.82, 2.24) is 5.32 Å². The molecule has 446 valence electrons. The molecule has 0 aromatic carbocycles. The van der Waals surface area contributed by atoms with Gasteiger partial charge in [0.05, 0.1) is 25.4 Å².